The summed E-state index contributed by atoms with van der Waals surface area (Å²) in [6.07, 6.45) is 0. The molecule has 0 N–H and O–H groups in total. The van der Waals surface area contributed by atoms with E-state index in [1.165, 1.54) is 5.56 Å². The lowest BCUT2D eigenvalue weighted by Gasteiger charge is -2.12. The van der Waals surface area contributed by atoms with Crippen LogP contribution in [0.2, 0.25) is 0 Å². The van der Waals surface area contributed by atoms with Crippen molar-refractivity contribution in [1.29, 1.82) is 0 Å². The SMILES string of the molecule is COc1ccc(C(=O)c2c(C)cc(C)cc2C)c(Br)c1. The molecule has 0 atom stereocenters. The van der Waals surface area contributed by atoms with Gasteiger partial charge in [-0.1, -0.05) is 17.7 Å². The third-order valence-corrected chi connectivity index (χ3v) is 3.98. The van der Waals surface area contributed by atoms with Crippen LogP contribution in [0.3, 0.4) is 0 Å². The van der Waals surface area contributed by atoms with E-state index in [1.807, 2.05) is 39.0 Å². The second kappa shape index (κ2) is 5.80. The van der Waals surface area contributed by atoms with Crippen LogP contribution in [0.5, 0.6) is 5.75 Å². The molecule has 0 spiro atoms. The van der Waals surface area contributed by atoms with Gasteiger partial charge in [-0.05, 0) is 66.0 Å². The molecule has 0 saturated carbocycles. The van der Waals surface area contributed by atoms with Gasteiger partial charge in [-0.3, -0.25) is 4.79 Å². The van der Waals surface area contributed by atoms with E-state index in [9.17, 15) is 4.79 Å². The van der Waals surface area contributed by atoms with Crippen LogP contribution >= 0.6 is 15.9 Å². The third-order valence-electron chi connectivity index (χ3n) is 3.32. The zero-order chi connectivity index (χ0) is 14.9. The Morgan fingerprint density at radius 1 is 1.05 bits per heavy atom. The Labute approximate surface area is 127 Å². The summed E-state index contributed by atoms with van der Waals surface area (Å²) in [4.78, 5) is 12.7. The maximum absolute atomic E-state index is 12.7. The van der Waals surface area contributed by atoms with Gasteiger partial charge in [-0.2, -0.15) is 0 Å². The number of ether oxygens (including phenoxy) is 1. The highest BCUT2D eigenvalue weighted by Gasteiger charge is 2.17. The Kier molecular flexibility index (Phi) is 4.29. The molecular formula is C17H17BrO2. The molecule has 0 radical (unpaired) electrons. The van der Waals surface area contributed by atoms with Gasteiger partial charge in [0.1, 0.15) is 5.75 Å². The van der Waals surface area contributed by atoms with E-state index in [-0.39, 0.29) is 5.78 Å². The van der Waals surface area contributed by atoms with Crippen molar-refractivity contribution in [3.63, 3.8) is 0 Å². The van der Waals surface area contributed by atoms with Gasteiger partial charge in [0.15, 0.2) is 5.78 Å². The predicted octanol–water partition coefficient (Wildman–Crippen LogP) is 4.61. The van der Waals surface area contributed by atoms with Crippen LogP contribution in [0.4, 0.5) is 0 Å². The zero-order valence-electron chi connectivity index (χ0n) is 12.1. The van der Waals surface area contributed by atoms with Crippen LogP contribution in [0.25, 0.3) is 0 Å². The lowest BCUT2D eigenvalue weighted by molar-refractivity contribution is 0.103. The maximum Gasteiger partial charge on any atom is 0.194 e. The summed E-state index contributed by atoms with van der Waals surface area (Å²) in [6, 6.07) is 9.49. The highest BCUT2D eigenvalue weighted by Crippen LogP contribution is 2.27. The monoisotopic (exact) mass is 332 g/mol. The molecular weight excluding hydrogens is 316 g/mol. The molecule has 0 aliphatic rings. The third kappa shape index (κ3) is 2.78. The minimum absolute atomic E-state index is 0.0366. The van der Waals surface area contributed by atoms with Gasteiger partial charge in [-0.15, -0.1) is 0 Å². The van der Waals surface area contributed by atoms with Crippen LogP contribution in [0.1, 0.15) is 32.6 Å². The molecule has 0 bridgehead atoms. The molecule has 0 aromatic heterocycles. The quantitative estimate of drug-likeness (QED) is 0.767. The molecule has 104 valence electrons. The van der Waals surface area contributed by atoms with E-state index in [4.69, 9.17) is 4.74 Å². The summed E-state index contributed by atoms with van der Waals surface area (Å²) in [5.74, 6) is 0.764. The number of rotatable bonds is 3. The number of methoxy groups -OCH3 is 1. The summed E-state index contributed by atoms with van der Waals surface area (Å²) in [6.45, 7) is 5.99. The summed E-state index contributed by atoms with van der Waals surface area (Å²) >= 11 is 3.45. The van der Waals surface area contributed by atoms with E-state index in [1.54, 1.807) is 19.2 Å². The fourth-order valence-corrected chi connectivity index (χ4v) is 3.02. The number of carbonyl (C=O) groups excluding carboxylic acids is 1. The standard InChI is InChI=1S/C17H17BrO2/c1-10-7-11(2)16(12(3)8-10)17(19)14-6-5-13(20-4)9-15(14)18/h5-9H,1-4H3. The molecule has 0 amide bonds. The van der Waals surface area contributed by atoms with E-state index in [2.05, 4.69) is 15.9 Å². The molecule has 0 fully saturated rings. The second-order valence-electron chi connectivity index (χ2n) is 4.95. The number of carbonyl (C=O) groups is 1. The molecule has 20 heavy (non-hydrogen) atoms. The Morgan fingerprint density at radius 2 is 1.65 bits per heavy atom. The van der Waals surface area contributed by atoms with Gasteiger partial charge in [0.05, 0.1) is 7.11 Å². The lowest BCUT2D eigenvalue weighted by atomic mass is 9.93. The van der Waals surface area contributed by atoms with Crippen molar-refractivity contribution in [2.45, 2.75) is 20.8 Å². The maximum atomic E-state index is 12.7. The first kappa shape index (κ1) is 14.8. The fourth-order valence-electron chi connectivity index (χ4n) is 2.48. The van der Waals surface area contributed by atoms with E-state index < -0.39 is 0 Å². The van der Waals surface area contributed by atoms with Gasteiger partial charge >= 0.3 is 0 Å². The second-order valence-corrected chi connectivity index (χ2v) is 5.80. The van der Waals surface area contributed by atoms with Crippen molar-refractivity contribution in [2.24, 2.45) is 0 Å². The Hall–Kier alpha value is -1.61. The summed E-state index contributed by atoms with van der Waals surface area (Å²) in [5.41, 5.74) is 4.62. The highest BCUT2D eigenvalue weighted by atomic mass is 79.9. The van der Waals surface area contributed by atoms with Crippen molar-refractivity contribution in [3.05, 3.63) is 62.6 Å². The lowest BCUT2D eigenvalue weighted by Crippen LogP contribution is -2.07. The molecule has 2 aromatic carbocycles. The summed E-state index contributed by atoms with van der Waals surface area (Å²) < 4.78 is 5.91. The molecule has 2 nitrogen and oxygen atoms in total. The molecule has 0 aliphatic heterocycles. The predicted molar refractivity (Wildman–Crippen MR) is 84.8 cm³/mol. The first-order valence-corrected chi connectivity index (χ1v) is 7.19. The molecule has 2 rings (SSSR count). The highest BCUT2D eigenvalue weighted by molar-refractivity contribution is 9.10. The smallest absolute Gasteiger partial charge is 0.194 e. The number of ketones is 1. The largest absolute Gasteiger partial charge is 0.497 e. The first-order valence-electron chi connectivity index (χ1n) is 6.40. The summed E-state index contributed by atoms with van der Waals surface area (Å²) in [7, 11) is 1.61. The molecule has 0 aliphatic carbocycles. The van der Waals surface area contributed by atoms with Crippen LogP contribution in [-0.4, -0.2) is 12.9 Å². The Balaban J connectivity index is 2.52. The van der Waals surface area contributed by atoms with Gasteiger partial charge in [0.2, 0.25) is 0 Å². The van der Waals surface area contributed by atoms with Gasteiger partial charge in [0, 0.05) is 15.6 Å². The van der Waals surface area contributed by atoms with E-state index in [0.29, 0.717) is 5.56 Å². The number of benzene rings is 2. The van der Waals surface area contributed by atoms with Crippen molar-refractivity contribution in [3.8, 4) is 5.75 Å². The minimum atomic E-state index is 0.0366. The average Bonchev–Trinajstić information content (AvgIpc) is 2.37. The molecule has 0 heterocycles. The molecule has 0 saturated heterocycles. The van der Waals surface area contributed by atoms with Crippen molar-refractivity contribution >= 4 is 21.7 Å². The average molecular weight is 333 g/mol. The topological polar surface area (TPSA) is 26.3 Å². The zero-order valence-corrected chi connectivity index (χ0v) is 13.7. The Morgan fingerprint density at radius 3 is 2.15 bits per heavy atom. The van der Waals surface area contributed by atoms with Gasteiger partial charge < -0.3 is 4.74 Å². The first-order chi connectivity index (χ1) is 9.43. The van der Waals surface area contributed by atoms with Crippen molar-refractivity contribution < 1.29 is 9.53 Å². The number of hydrogen-bond donors (Lipinski definition) is 0. The molecule has 2 aromatic rings. The van der Waals surface area contributed by atoms with Crippen molar-refractivity contribution in [2.75, 3.05) is 7.11 Å². The summed E-state index contributed by atoms with van der Waals surface area (Å²) in [5, 5.41) is 0. The number of hydrogen-bond acceptors (Lipinski definition) is 2. The van der Waals surface area contributed by atoms with Crippen LogP contribution in [0.15, 0.2) is 34.8 Å². The van der Waals surface area contributed by atoms with E-state index >= 15 is 0 Å². The van der Waals surface area contributed by atoms with Crippen LogP contribution in [0, 0.1) is 20.8 Å². The number of aryl methyl sites for hydroxylation is 3. The molecule has 0 unspecified atom stereocenters. The van der Waals surface area contributed by atoms with Crippen LogP contribution in [-0.2, 0) is 0 Å². The van der Waals surface area contributed by atoms with Gasteiger partial charge in [-0.25, -0.2) is 0 Å². The normalized spacial score (nSPS) is 10.4. The van der Waals surface area contributed by atoms with E-state index in [0.717, 1.165) is 26.9 Å². The fraction of sp³-hybridized carbons (Fsp3) is 0.235. The van der Waals surface area contributed by atoms with Gasteiger partial charge in [0.25, 0.3) is 0 Å². The number of halogens is 1. The Bertz CT molecular complexity index is 652. The molecule has 3 heteroatoms. The van der Waals surface area contributed by atoms with Crippen LogP contribution < -0.4 is 4.74 Å². The van der Waals surface area contributed by atoms with Crippen molar-refractivity contribution in [1.82, 2.24) is 0 Å². The minimum Gasteiger partial charge on any atom is -0.497 e.